The molecule has 1 saturated heterocycles. The van der Waals surface area contributed by atoms with Gasteiger partial charge in [0.1, 0.15) is 17.2 Å². The first kappa shape index (κ1) is 15.4. The SMILES string of the molecule is C[C@@H]1CCNC[C@@H]1Nc1cncc(-c2cnc3cc(Cl)ccn23)n1. The predicted octanol–water partition coefficient (Wildman–Crippen LogP) is 2.85. The average Bonchev–Trinajstić information content (AvgIpc) is 3.00. The van der Waals surface area contributed by atoms with Crippen molar-refractivity contribution in [1.29, 1.82) is 0 Å². The van der Waals surface area contributed by atoms with Crippen LogP contribution in [0.2, 0.25) is 5.02 Å². The second kappa shape index (κ2) is 6.37. The Bertz CT molecular complexity index is 861. The lowest BCUT2D eigenvalue weighted by Crippen LogP contribution is -2.44. The van der Waals surface area contributed by atoms with Crippen molar-refractivity contribution in [2.75, 3.05) is 18.4 Å². The van der Waals surface area contributed by atoms with Gasteiger partial charge in [0.25, 0.3) is 0 Å². The molecule has 4 rings (SSSR count). The molecule has 124 valence electrons. The fraction of sp³-hybridized carbons (Fsp3) is 0.353. The zero-order chi connectivity index (χ0) is 16.5. The highest BCUT2D eigenvalue weighted by molar-refractivity contribution is 6.30. The van der Waals surface area contributed by atoms with E-state index in [2.05, 4.69) is 27.5 Å². The first-order valence-corrected chi connectivity index (χ1v) is 8.51. The minimum atomic E-state index is 0.365. The quantitative estimate of drug-likeness (QED) is 0.766. The van der Waals surface area contributed by atoms with Gasteiger partial charge < -0.3 is 10.6 Å². The van der Waals surface area contributed by atoms with Crippen molar-refractivity contribution in [3.8, 4) is 11.4 Å². The third kappa shape index (κ3) is 2.95. The fourth-order valence-electron chi connectivity index (χ4n) is 3.08. The van der Waals surface area contributed by atoms with Crippen LogP contribution < -0.4 is 10.6 Å². The maximum atomic E-state index is 6.02. The number of rotatable bonds is 3. The molecule has 24 heavy (non-hydrogen) atoms. The van der Waals surface area contributed by atoms with Gasteiger partial charge >= 0.3 is 0 Å². The summed E-state index contributed by atoms with van der Waals surface area (Å²) in [6.45, 7) is 4.29. The van der Waals surface area contributed by atoms with E-state index < -0.39 is 0 Å². The van der Waals surface area contributed by atoms with Gasteiger partial charge in [-0.1, -0.05) is 18.5 Å². The van der Waals surface area contributed by atoms with Gasteiger partial charge in [0.2, 0.25) is 0 Å². The summed E-state index contributed by atoms with van der Waals surface area (Å²) in [6, 6.07) is 4.03. The molecule has 6 nitrogen and oxygen atoms in total. The number of anilines is 1. The van der Waals surface area contributed by atoms with Gasteiger partial charge in [-0.3, -0.25) is 9.38 Å². The number of hydrogen-bond acceptors (Lipinski definition) is 5. The summed E-state index contributed by atoms with van der Waals surface area (Å²) in [5.41, 5.74) is 2.47. The van der Waals surface area contributed by atoms with Crippen molar-refractivity contribution >= 4 is 23.1 Å². The molecular weight excluding hydrogens is 324 g/mol. The van der Waals surface area contributed by atoms with Crippen LogP contribution in [0.25, 0.3) is 17.0 Å². The third-order valence-electron chi connectivity index (χ3n) is 4.53. The molecule has 0 unspecified atom stereocenters. The minimum absolute atomic E-state index is 0.365. The Morgan fingerprint density at radius 3 is 3.12 bits per heavy atom. The molecular formula is C17H19ClN6. The minimum Gasteiger partial charge on any atom is -0.364 e. The van der Waals surface area contributed by atoms with Crippen LogP contribution in [0.15, 0.2) is 36.9 Å². The number of piperidine rings is 1. The van der Waals surface area contributed by atoms with Crippen LogP contribution in [-0.2, 0) is 0 Å². The Balaban J connectivity index is 1.64. The van der Waals surface area contributed by atoms with Crippen LogP contribution in [0.5, 0.6) is 0 Å². The largest absolute Gasteiger partial charge is 0.364 e. The summed E-state index contributed by atoms with van der Waals surface area (Å²) in [5.74, 6) is 1.40. The summed E-state index contributed by atoms with van der Waals surface area (Å²) in [7, 11) is 0. The Morgan fingerprint density at radius 2 is 2.25 bits per heavy atom. The van der Waals surface area contributed by atoms with Gasteiger partial charge in [-0.2, -0.15) is 0 Å². The highest BCUT2D eigenvalue weighted by atomic mass is 35.5. The molecule has 3 aromatic rings. The van der Waals surface area contributed by atoms with E-state index in [1.54, 1.807) is 18.6 Å². The summed E-state index contributed by atoms with van der Waals surface area (Å²) in [6.07, 6.45) is 8.38. The second-order valence-corrected chi connectivity index (χ2v) is 6.66. The number of nitrogens with zero attached hydrogens (tertiary/aromatic N) is 4. The first-order chi connectivity index (χ1) is 11.7. The molecule has 0 spiro atoms. The van der Waals surface area contributed by atoms with E-state index in [0.717, 1.165) is 35.9 Å². The van der Waals surface area contributed by atoms with E-state index >= 15 is 0 Å². The molecule has 0 radical (unpaired) electrons. The molecule has 3 aromatic heterocycles. The van der Waals surface area contributed by atoms with E-state index in [1.165, 1.54) is 6.42 Å². The molecule has 0 bridgehead atoms. The summed E-state index contributed by atoms with van der Waals surface area (Å²) in [4.78, 5) is 13.5. The first-order valence-electron chi connectivity index (χ1n) is 8.13. The Morgan fingerprint density at radius 1 is 1.33 bits per heavy atom. The number of aromatic nitrogens is 4. The predicted molar refractivity (Wildman–Crippen MR) is 95.3 cm³/mol. The van der Waals surface area contributed by atoms with E-state index in [-0.39, 0.29) is 0 Å². The molecule has 4 heterocycles. The lowest BCUT2D eigenvalue weighted by molar-refractivity contribution is 0.366. The van der Waals surface area contributed by atoms with Gasteiger partial charge in [0, 0.05) is 29.9 Å². The maximum absolute atomic E-state index is 6.02. The van der Waals surface area contributed by atoms with Gasteiger partial charge in [0.05, 0.1) is 24.3 Å². The maximum Gasteiger partial charge on any atom is 0.145 e. The lowest BCUT2D eigenvalue weighted by Gasteiger charge is -2.30. The normalized spacial score (nSPS) is 21.1. The Kier molecular flexibility index (Phi) is 4.08. The fourth-order valence-corrected chi connectivity index (χ4v) is 3.23. The van der Waals surface area contributed by atoms with E-state index in [9.17, 15) is 0 Å². The molecule has 1 aliphatic rings. The van der Waals surface area contributed by atoms with E-state index in [0.29, 0.717) is 17.0 Å². The van der Waals surface area contributed by atoms with Crippen LogP contribution in [0.1, 0.15) is 13.3 Å². The van der Waals surface area contributed by atoms with E-state index in [1.807, 2.05) is 22.7 Å². The molecule has 0 aromatic carbocycles. The molecule has 0 saturated carbocycles. The molecule has 0 amide bonds. The van der Waals surface area contributed by atoms with E-state index in [4.69, 9.17) is 16.6 Å². The van der Waals surface area contributed by atoms with Gasteiger partial charge in [-0.25, -0.2) is 9.97 Å². The second-order valence-electron chi connectivity index (χ2n) is 6.23. The van der Waals surface area contributed by atoms with Crippen molar-refractivity contribution in [3.63, 3.8) is 0 Å². The average molecular weight is 343 g/mol. The molecule has 0 aliphatic carbocycles. The van der Waals surface area contributed by atoms with Crippen molar-refractivity contribution in [3.05, 3.63) is 41.9 Å². The Labute approximate surface area is 145 Å². The molecule has 2 N–H and O–H groups in total. The number of nitrogens with one attached hydrogen (secondary N) is 2. The zero-order valence-corrected chi connectivity index (χ0v) is 14.2. The standard InChI is InChI=1S/C17H19ClN6/c1-11-2-4-19-7-13(11)22-16-10-20-8-14(23-16)15-9-21-17-6-12(18)3-5-24(15)17/h3,5-6,8-11,13,19H,2,4,7H2,1H3,(H,22,23)/t11-,13+/m1/s1. The van der Waals surface area contributed by atoms with Crippen LogP contribution in [0.3, 0.4) is 0 Å². The Hall–Kier alpha value is -2.18. The highest BCUT2D eigenvalue weighted by Gasteiger charge is 2.21. The van der Waals surface area contributed by atoms with Gasteiger partial charge in [-0.05, 0) is 24.9 Å². The summed E-state index contributed by atoms with van der Waals surface area (Å²) in [5, 5.41) is 7.59. The molecule has 2 atom stereocenters. The monoisotopic (exact) mass is 342 g/mol. The number of imidazole rings is 1. The van der Waals surface area contributed by atoms with Crippen molar-refractivity contribution in [2.45, 2.75) is 19.4 Å². The number of halogens is 1. The number of pyridine rings is 1. The third-order valence-corrected chi connectivity index (χ3v) is 4.77. The van der Waals surface area contributed by atoms with Crippen molar-refractivity contribution in [2.24, 2.45) is 5.92 Å². The number of hydrogen-bond donors (Lipinski definition) is 2. The molecule has 7 heteroatoms. The number of fused-ring (bicyclic) bond motifs is 1. The van der Waals surface area contributed by atoms with Crippen LogP contribution >= 0.6 is 11.6 Å². The van der Waals surface area contributed by atoms with Crippen molar-refractivity contribution < 1.29 is 0 Å². The van der Waals surface area contributed by atoms with Gasteiger partial charge in [0.15, 0.2) is 0 Å². The highest BCUT2D eigenvalue weighted by Crippen LogP contribution is 2.22. The lowest BCUT2D eigenvalue weighted by atomic mass is 9.95. The van der Waals surface area contributed by atoms with Crippen LogP contribution in [0, 0.1) is 5.92 Å². The zero-order valence-electron chi connectivity index (χ0n) is 13.4. The summed E-state index contributed by atoms with van der Waals surface area (Å²) >= 11 is 6.02. The molecule has 1 aliphatic heterocycles. The topological polar surface area (TPSA) is 67.1 Å². The van der Waals surface area contributed by atoms with Crippen molar-refractivity contribution in [1.82, 2.24) is 24.7 Å². The van der Waals surface area contributed by atoms with Gasteiger partial charge in [-0.15, -0.1) is 0 Å². The van der Waals surface area contributed by atoms with Crippen LogP contribution in [-0.4, -0.2) is 38.5 Å². The molecule has 1 fully saturated rings. The summed E-state index contributed by atoms with van der Waals surface area (Å²) < 4.78 is 1.96. The smallest absolute Gasteiger partial charge is 0.145 e. The van der Waals surface area contributed by atoms with Crippen LogP contribution in [0.4, 0.5) is 5.82 Å².